The van der Waals surface area contributed by atoms with E-state index in [1.54, 1.807) is 0 Å². The summed E-state index contributed by atoms with van der Waals surface area (Å²) in [6, 6.07) is 1.45. The van der Waals surface area contributed by atoms with Gasteiger partial charge >= 0.3 is 0 Å². The molecule has 1 aromatic rings. The molecule has 16 heavy (non-hydrogen) atoms. The summed E-state index contributed by atoms with van der Waals surface area (Å²) in [6.07, 6.45) is 0. The largest absolute Gasteiger partial charge is 0.335 e. The fraction of sp³-hybridized carbons (Fsp3) is 0.444. The van der Waals surface area contributed by atoms with Crippen molar-refractivity contribution in [3.63, 3.8) is 0 Å². The lowest BCUT2D eigenvalue weighted by Gasteiger charge is -2.13. The van der Waals surface area contributed by atoms with E-state index in [4.69, 9.17) is 28.5 Å². The third-order valence-electron chi connectivity index (χ3n) is 1.90. The highest BCUT2D eigenvalue weighted by molar-refractivity contribution is 7.09. The molecule has 1 unspecified atom stereocenters. The predicted molar refractivity (Wildman–Crippen MR) is 63.8 cm³/mol. The number of rotatable bonds is 3. The summed E-state index contributed by atoms with van der Waals surface area (Å²) in [7, 11) is 0. The molecule has 0 saturated carbocycles. The van der Waals surface area contributed by atoms with Gasteiger partial charge in [-0.25, -0.2) is 0 Å². The van der Waals surface area contributed by atoms with Gasteiger partial charge in [0.1, 0.15) is 15.9 Å². The van der Waals surface area contributed by atoms with Gasteiger partial charge in [0, 0.05) is 0 Å². The minimum atomic E-state index is -0.551. The van der Waals surface area contributed by atoms with Crippen LogP contribution >= 0.6 is 34.7 Å². The van der Waals surface area contributed by atoms with E-state index in [0.29, 0.717) is 0 Å². The molecule has 0 aliphatic heterocycles. The fourth-order valence-electron chi connectivity index (χ4n) is 0.955. The van der Waals surface area contributed by atoms with Crippen molar-refractivity contribution in [2.45, 2.75) is 19.9 Å². The molecule has 1 atom stereocenters. The molecule has 0 spiro atoms. The van der Waals surface area contributed by atoms with Crippen molar-refractivity contribution >= 4 is 40.6 Å². The van der Waals surface area contributed by atoms with Crippen molar-refractivity contribution in [2.75, 3.05) is 0 Å². The van der Waals surface area contributed by atoms with Gasteiger partial charge in [-0.05, 0) is 17.5 Å². The standard InChI is InChI=1S/C9H9Cl2N3OS/c1-4(2)5(3-12)13-9(15)7-6(10)8(11)14-16-7/h4-5H,1-2H3,(H,13,15). The molecule has 0 fully saturated rings. The molecule has 7 heteroatoms. The van der Waals surface area contributed by atoms with Crippen molar-refractivity contribution in [2.24, 2.45) is 5.92 Å². The summed E-state index contributed by atoms with van der Waals surface area (Å²) >= 11 is 12.3. The van der Waals surface area contributed by atoms with Crippen LogP contribution in [0.5, 0.6) is 0 Å². The molecule has 86 valence electrons. The number of halogens is 2. The zero-order chi connectivity index (χ0) is 12.3. The number of hydrogen-bond acceptors (Lipinski definition) is 4. The molecule has 0 saturated heterocycles. The summed E-state index contributed by atoms with van der Waals surface area (Å²) in [5.74, 6) is -0.397. The zero-order valence-corrected chi connectivity index (χ0v) is 10.9. The number of aromatic nitrogens is 1. The number of amides is 1. The average molecular weight is 278 g/mol. The van der Waals surface area contributed by atoms with Crippen LogP contribution < -0.4 is 5.32 Å². The van der Waals surface area contributed by atoms with Crippen molar-refractivity contribution in [3.8, 4) is 6.07 Å². The molecule has 0 bridgehead atoms. The van der Waals surface area contributed by atoms with Gasteiger partial charge in [-0.3, -0.25) is 4.79 Å². The molecule has 0 radical (unpaired) electrons. The number of carbonyl (C=O) groups is 1. The molecule has 4 nitrogen and oxygen atoms in total. The van der Waals surface area contributed by atoms with E-state index >= 15 is 0 Å². The highest BCUT2D eigenvalue weighted by atomic mass is 35.5. The Balaban J connectivity index is 2.81. The lowest BCUT2D eigenvalue weighted by atomic mass is 10.1. The van der Waals surface area contributed by atoms with Crippen LogP contribution in [-0.2, 0) is 0 Å². The number of nitrogens with zero attached hydrogens (tertiary/aromatic N) is 2. The Kier molecular flexibility index (Phi) is 4.54. The van der Waals surface area contributed by atoms with Gasteiger partial charge < -0.3 is 5.32 Å². The SMILES string of the molecule is CC(C)C(C#N)NC(=O)c1snc(Cl)c1Cl. The van der Waals surface area contributed by atoms with E-state index in [0.717, 1.165) is 11.5 Å². The molecule has 1 N–H and O–H groups in total. The van der Waals surface area contributed by atoms with E-state index in [-0.39, 0.29) is 21.0 Å². The predicted octanol–water partition coefficient (Wildman–Crippen LogP) is 2.73. The number of hydrogen-bond donors (Lipinski definition) is 1. The molecule has 0 aromatic carbocycles. The minimum absolute atomic E-state index is 0.0242. The quantitative estimate of drug-likeness (QED) is 0.924. The summed E-state index contributed by atoms with van der Waals surface area (Å²) in [4.78, 5) is 11.9. The van der Waals surface area contributed by atoms with Crippen molar-refractivity contribution in [3.05, 3.63) is 15.1 Å². The highest BCUT2D eigenvalue weighted by Crippen LogP contribution is 2.28. The summed E-state index contributed by atoms with van der Waals surface area (Å²) in [5.41, 5.74) is 0. The lowest BCUT2D eigenvalue weighted by Crippen LogP contribution is -2.37. The first-order valence-electron chi connectivity index (χ1n) is 4.48. The number of nitriles is 1. The van der Waals surface area contributed by atoms with Crippen molar-refractivity contribution in [1.29, 1.82) is 5.26 Å². The van der Waals surface area contributed by atoms with E-state index in [1.165, 1.54) is 0 Å². The second-order valence-electron chi connectivity index (χ2n) is 3.44. The van der Waals surface area contributed by atoms with E-state index in [9.17, 15) is 4.79 Å². The second-order valence-corrected chi connectivity index (χ2v) is 4.95. The Hall–Kier alpha value is -0.830. The maximum atomic E-state index is 11.7. The molecule has 0 aliphatic rings. The van der Waals surface area contributed by atoms with Gasteiger partial charge in [-0.1, -0.05) is 37.0 Å². The first kappa shape index (κ1) is 13.2. The van der Waals surface area contributed by atoms with Crippen LogP contribution in [0.2, 0.25) is 10.2 Å². The van der Waals surface area contributed by atoms with Crippen LogP contribution in [-0.4, -0.2) is 16.3 Å². The Bertz CT molecular complexity index is 438. The van der Waals surface area contributed by atoms with Crippen LogP contribution in [0.25, 0.3) is 0 Å². The Morgan fingerprint density at radius 2 is 2.19 bits per heavy atom. The molecule has 1 rings (SSSR count). The molecule has 1 heterocycles. The summed E-state index contributed by atoms with van der Waals surface area (Å²) < 4.78 is 3.75. The molecule has 1 aromatic heterocycles. The van der Waals surface area contributed by atoms with Gasteiger partial charge in [0.2, 0.25) is 0 Å². The molecular formula is C9H9Cl2N3OS. The fourth-order valence-corrected chi connectivity index (χ4v) is 2.07. The van der Waals surface area contributed by atoms with Gasteiger partial charge in [0.15, 0.2) is 5.15 Å². The Morgan fingerprint density at radius 3 is 2.56 bits per heavy atom. The maximum Gasteiger partial charge on any atom is 0.265 e. The Labute approximate surface area is 107 Å². The Morgan fingerprint density at radius 1 is 1.56 bits per heavy atom. The van der Waals surface area contributed by atoms with E-state index in [1.807, 2.05) is 19.9 Å². The highest BCUT2D eigenvalue weighted by Gasteiger charge is 2.21. The number of nitrogens with one attached hydrogen (secondary N) is 1. The van der Waals surface area contributed by atoms with Crippen molar-refractivity contribution < 1.29 is 4.79 Å². The lowest BCUT2D eigenvalue weighted by molar-refractivity contribution is 0.0942. The topological polar surface area (TPSA) is 65.8 Å². The summed E-state index contributed by atoms with van der Waals surface area (Å²) in [6.45, 7) is 3.69. The minimum Gasteiger partial charge on any atom is -0.335 e. The summed E-state index contributed by atoms with van der Waals surface area (Å²) in [5, 5.41) is 11.6. The zero-order valence-electron chi connectivity index (χ0n) is 8.62. The first-order valence-corrected chi connectivity index (χ1v) is 6.01. The van der Waals surface area contributed by atoms with Crippen LogP contribution in [0, 0.1) is 17.2 Å². The smallest absolute Gasteiger partial charge is 0.265 e. The van der Waals surface area contributed by atoms with E-state index in [2.05, 4.69) is 9.69 Å². The van der Waals surface area contributed by atoms with E-state index < -0.39 is 11.9 Å². The normalized spacial score (nSPS) is 12.2. The van der Waals surface area contributed by atoms with Crippen LogP contribution in [0.4, 0.5) is 0 Å². The first-order chi connectivity index (χ1) is 7.47. The average Bonchev–Trinajstić information content (AvgIpc) is 2.55. The van der Waals surface area contributed by atoms with Gasteiger partial charge in [-0.15, -0.1) is 0 Å². The molecule has 0 aliphatic carbocycles. The van der Waals surface area contributed by atoms with Crippen LogP contribution in [0.1, 0.15) is 23.5 Å². The maximum absolute atomic E-state index is 11.7. The van der Waals surface area contributed by atoms with Gasteiger partial charge in [0.05, 0.1) is 6.07 Å². The van der Waals surface area contributed by atoms with Crippen LogP contribution in [0.3, 0.4) is 0 Å². The van der Waals surface area contributed by atoms with Gasteiger partial charge in [-0.2, -0.15) is 9.64 Å². The molecular weight excluding hydrogens is 269 g/mol. The second kappa shape index (κ2) is 5.48. The molecule has 1 amide bonds. The van der Waals surface area contributed by atoms with Gasteiger partial charge in [0.25, 0.3) is 5.91 Å². The van der Waals surface area contributed by atoms with Crippen molar-refractivity contribution in [1.82, 2.24) is 9.69 Å². The van der Waals surface area contributed by atoms with Crippen LogP contribution in [0.15, 0.2) is 0 Å². The third-order valence-corrected chi connectivity index (χ3v) is 3.69. The number of carbonyl (C=O) groups excluding carboxylic acids is 1. The monoisotopic (exact) mass is 277 g/mol. The third kappa shape index (κ3) is 2.85.